The van der Waals surface area contributed by atoms with Gasteiger partial charge in [0, 0.05) is 5.39 Å². The normalized spacial score (nSPS) is 12.2. The van der Waals surface area contributed by atoms with Crippen LogP contribution in [0.5, 0.6) is 0 Å². The molecular weight excluding hydrogens is 384 g/mol. The quantitative estimate of drug-likeness (QED) is 0.706. The first-order valence-corrected chi connectivity index (χ1v) is 10.4. The monoisotopic (exact) mass is 396 g/mol. The molecule has 0 aliphatic carbocycles. The van der Waals surface area contributed by atoms with Crippen LogP contribution in [-0.4, -0.2) is 16.8 Å². The molecule has 3 aromatic rings. The van der Waals surface area contributed by atoms with Gasteiger partial charge >= 0.3 is 0 Å². The van der Waals surface area contributed by atoms with E-state index >= 15 is 0 Å². The summed E-state index contributed by atoms with van der Waals surface area (Å²) in [4.78, 5) is -0.273. The minimum absolute atomic E-state index is 0.0637. The Morgan fingerprint density at radius 2 is 1.60 bits per heavy atom. The van der Waals surface area contributed by atoms with E-state index in [1.165, 1.54) is 24.3 Å². The van der Waals surface area contributed by atoms with Crippen molar-refractivity contribution < 1.29 is 16.8 Å². The van der Waals surface area contributed by atoms with Crippen LogP contribution in [0.4, 0.5) is 5.69 Å². The molecule has 130 valence electrons. The minimum atomic E-state index is -4.05. The molecule has 0 heterocycles. The molecule has 0 aliphatic heterocycles. The van der Waals surface area contributed by atoms with Crippen LogP contribution in [0.3, 0.4) is 0 Å². The number of nitrogens with one attached hydrogen (secondary N) is 1. The van der Waals surface area contributed by atoms with Crippen molar-refractivity contribution in [2.75, 3.05) is 4.72 Å². The van der Waals surface area contributed by atoms with Gasteiger partial charge in [-0.05, 0) is 29.7 Å². The minimum Gasteiger partial charge on any atom is -0.280 e. The number of primary sulfonamides is 1. The average molecular weight is 397 g/mol. The van der Waals surface area contributed by atoms with Crippen LogP contribution in [0.1, 0.15) is 0 Å². The highest BCUT2D eigenvalue weighted by atomic mass is 35.5. The fraction of sp³-hybridized carbons (Fsp3) is 0. The summed E-state index contributed by atoms with van der Waals surface area (Å²) < 4.78 is 50.8. The van der Waals surface area contributed by atoms with Gasteiger partial charge in [0.2, 0.25) is 10.0 Å². The van der Waals surface area contributed by atoms with Crippen molar-refractivity contribution in [3.63, 3.8) is 0 Å². The largest absolute Gasteiger partial charge is 0.280 e. The van der Waals surface area contributed by atoms with Gasteiger partial charge in [-0.15, -0.1) is 0 Å². The second-order valence-electron chi connectivity index (χ2n) is 5.28. The summed E-state index contributed by atoms with van der Waals surface area (Å²) in [6.45, 7) is 0. The summed E-state index contributed by atoms with van der Waals surface area (Å²) in [5.41, 5.74) is 0.0653. The van der Waals surface area contributed by atoms with Gasteiger partial charge in [-0.1, -0.05) is 48.0 Å². The number of nitrogens with two attached hydrogens (primary N) is 1. The molecule has 0 saturated carbocycles. The molecule has 25 heavy (non-hydrogen) atoms. The summed E-state index contributed by atoms with van der Waals surface area (Å²) in [6, 6.07) is 15.4. The third-order valence-electron chi connectivity index (χ3n) is 3.52. The molecule has 0 atom stereocenters. The van der Waals surface area contributed by atoms with Gasteiger partial charge in [0.15, 0.2) is 0 Å². The third kappa shape index (κ3) is 3.62. The SMILES string of the molecule is NS(=O)(=O)c1cccc(NS(=O)(=O)c2c(Cl)ccc3ccccc23)c1. The van der Waals surface area contributed by atoms with Crippen molar-refractivity contribution in [2.24, 2.45) is 5.14 Å². The Morgan fingerprint density at radius 1 is 0.880 bits per heavy atom. The molecule has 3 rings (SSSR count). The first kappa shape index (κ1) is 17.7. The van der Waals surface area contributed by atoms with Gasteiger partial charge in [0.05, 0.1) is 15.6 Å². The van der Waals surface area contributed by atoms with E-state index in [2.05, 4.69) is 4.72 Å². The summed E-state index contributed by atoms with van der Waals surface area (Å²) in [6.07, 6.45) is 0. The van der Waals surface area contributed by atoms with Crippen LogP contribution in [-0.2, 0) is 20.0 Å². The maximum atomic E-state index is 12.8. The smallest absolute Gasteiger partial charge is 0.264 e. The zero-order valence-corrected chi connectivity index (χ0v) is 15.1. The number of anilines is 1. The van der Waals surface area contributed by atoms with Gasteiger partial charge in [-0.25, -0.2) is 22.0 Å². The molecule has 0 aromatic heterocycles. The van der Waals surface area contributed by atoms with Crippen molar-refractivity contribution in [1.82, 2.24) is 0 Å². The molecule has 6 nitrogen and oxygen atoms in total. The van der Waals surface area contributed by atoms with Gasteiger partial charge in [-0.3, -0.25) is 4.72 Å². The van der Waals surface area contributed by atoms with Crippen LogP contribution in [0.2, 0.25) is 5.02 Å². The Bertz CT molecular complexity index is 1180. The van der Waals surface area contributed by atoms with Gasteiger partial charge < -0.3 is 0 Å². The zero-order valence-electron chi connectivity index (χ0n) is 12.7. The maximum absolute atomic E-state index is 12.8. The molecule has 0 spiro atoms. The summed E-state index contributed by atoms with van der Waals surface area (Å²) in [7, 11) is -8.00. The molecule has 0 radical (unpaired) electrons. The summed E-state index contributed by atoms with van der Waals surface area (Å²) >= 11 is 6.12. The predicted molar refractivity (Wildman–Crippen MR) is 97.6 cm³/mol. The Kier molecular flexibility index (Phi) is 4.46. The number of rotatable bonds is 4. The highest BCUT2D eigenvalue weighted by Gasteiger charge is 2.22. The molecule has 0 unspecified atom stereocenters. The lowest BCUT2D eigenvalue weighted by atomic mass is 10.1. The van der Waals surface area contributed by atoms with Crippen LogP contribution >= 0.6 is 11.6 Å². The van der Waals surface area contributed by atoms with Crippen molar-refractivity contribution in [1.29, 1.82) is 0 Å². The van der Waals surface area contributed by atoms with Crippen molar-refractivity contribution in [3.8, 4) is 0 Å². The van der Waals surface area contributed by atoms with E-state index in [0.29, 0.717) is 10.8 Å². The van der Waals surface area contributed by atoms with E-state index in [-0.39, 0.29) is 20.5 Å². The highest BCUT2D eigenvalue weighted by molar-refractivity contribution is 7.93. The van der Waals surface area contributed by atoms with E-state index < -0.39 is 20.0 Å². The standard InChI is InChI=1S/C16H13ClN2O4S2/c17-15-9-8-11-4-1-2-7-14(11)16(15)25(22,23)19-12-5-3-6-13(10-12)24(18,20)21/h1-10,19H,(H2,18,20,21). The van der Waals surface area contributed by atoms with E-state index in [1.807, 2.05) is 0 Å². The maximum Gasteiger partial charge on any atom is 0.264 e. The van der Waals surface area contributed by atoms with Gasteiger partial charge in [0.25, 0.3) is 10.0 Å². The summed E-state index contributed by atoms with van der Waals surface area (Å²) in [5.74, 6) is 0. The molecule has 0 bridgehead atoms. The number of benzene rings is 3. The Hall–Kier alpha value is -2.13. The summed E-state index contributed by atoms with van der Waals surface area (Å²) in [5, 5.41) is 6.31. The Labute approximate surface area is 150 Å². The lowest BCUT2D eigenvalue weighted by Gasteiger charge is -2.13. The van der Waals surface area contributed by atoms with E-state index in [9.17, 15) is 16.8 Å². The number of hydrogen-bond donors (Lipinski definition) is 2. The second kappa shape index (κ2) is 6.30. The molecule has 0 saturated heterocycles. The van der Waals surface area contributed by atoms with E-state index in [4.69, 9.17) is 16.7 Å². The van der Waals surface area contributed by atoms with Gasteiger partial charge in [0.1, 0.15) is 4.90 Å². The topological polar surface area (TPSA) is 106 Å². The molecule has 0 amide bonds. The first-order valence-electron chi connectivity index (χ1n) is 7.01. The zero-order chi connectivity index (χ0) is 18.2. The highest BCUT2D eigenvalue weighted by Crippen LogP contribution is 2.31. The fourth-order valence-corrected chi connectivity index (χ4v) is 4.80. The number of halogens is 1. The predicted octanol–water partition coefficient (Wildman–Crippen LogP) is 2.94. The number of sulfonamides is 2. The van der Waals surface area contributed by atoms with E-state index in [1.54, 1.807) is 30.3 Å². The van der Waals surface area contributed by atoms with Crippen molar-refractivity contribution >= 4 is 48.1 Å². The van der Waals surface area contributed by atoms with Gasteiger partial charge in [-0.2, -0.15) is 0 Å². The average Bonchev–Trinajstić information content (AvgIpc) is 2.53. The van der Waals surface area contributed by atoms with Crippen LogP contribution < -0.4 is 9.86 Å². The Morgan fingerprint density at radius 3 is 2.32 bits per heavy atom. The molecule has 3 N–H and O–H groups in total. The van der Waals surface area contributed by atoms with Crippen LogP contribution in [0, 0.1) is 0 Å². The first-order chi connectivity index (χ1) is 11.7. The Balaban J connectivity index is 2.12. The molecule has 0 aliphatic rings. The number of fused-ring (bicyclic) bond motifs is 1. The fourth-order valence-electron chi connectivity index (χ4n) is 2.43. The molecule has 0 fully saturated rings. The number of hydrogen-bond acceptors (Lipinski definition) is 4. The van der Waals surface area contributed by atoms with E-state index in [0.717, 1.165) is 6.07 Å². The second-order valence-corrected chi connectivity index (χ2v) is 8.86. The van der Waals surface area contributed by atoms with Crippen molar-refractivity contribution in [2.45, 2.75) is 9.79 Å². The molecule has 3 aromatic carbocycles. The van der Waals surface area contributed by atoms with Crippen LogP contribution in [0.25, 0.3) is 10.8 Å². The lowest BCUT2D eigenvalue weighted by Crippen LogP contribution is -2.16. The lowest BCUT2D eigenvalue weighted by molar-refractivity contribution is 0.596. The molecular formula is C16H13ClN2O4S2. The van der Waals surface area contributed by atoms with Crippen molar-refractivity contribution in [3.05, 3.63) is 65.7 Å². The van der Waals surface area contributed by atoms with Crippen LogP contribution in [0.15, 0.2) is 70.5 Å². The third-order valence-corrected chi connectivity index (χ3v) is 6.33. The molecule has 9 heteroatoms.